The lowest BCUT2D eigenvalue weighted by molar-refractivity contribution is -0.119. The van der Waals surface area contributed by atoms with Gasteiger partial charge in [0.1, 0.15) is 4.90 Å². The number of fused-ring (bicyclic) bond motifs is 1. The number of halogens is 1. The van der Waals surface area contributed by atoms with Crippen molar-refractivity contribution < 1.29 is 13.2 Å². The van der Waals surface area contributed by atoms with E-state index in [2.05, 4.69) is 52.9 Å². The van der Waals surface area contributed by atoms with Gasteiger partial charge in [-0.2, -0.15) is 4.31 Å². The molecule has 2 heterocycles. The van der Waals surface area contributed by atoms with Gasteiger partial charge in [-0.3, -0.25) is 4.79 Å². The van der Waals surface area contributed by atoms with E-state index >= 15 is 0 Å². The minimum absolute atomic E-state index is 0.0567. The summed E-state index contributed by atoms with van der Waals surface area (Å²) < 4.78 is 29.8. The molecule has 8 heteroatoms. The molecule has 0 spiro atoms. The molecule has 170 valence electrons. The molecule has 2 aliphatic heterocycles. The molecule has 2 aromatic carbocycles. The highest BCUT2D eigenvalue weighted by Gasteiger charge is 2.41. The fraction of sp³-hybridized carbons (Fsp3) is 0.458. The third kappa shape index (κ3) is 3.76. The van der Waals surface area contributed by atoms with Crippen LogP contribution >= 0.6 is 15.9 Å². The number of nitrogens with zero attached hydrogens (tertiary/aromatic N) is 3. The third-order valence-electron chi connectivity index (χ3n) is 6.96. The van der Waals surface area contributed by atoms with Crippen LogP contribution < -0.4 is 9.80 Å². The number of hydrogen-bond donors (Lipinski definition) is 0. The van der Waals surface area contributed by atoms with E-state index in [0.717, 1.165) is 22.9 Å². The minimum Gasteiger partial charge on any atom is -0.369 e. The van der Waals surface area contributed by atoms with Crippen LogP contribution in [0, 0.1) is 19.8 Å². The van der Waals surface area contributed by atoms with Crippen molar-refractivity contribution in [3.8, 4) is 0 Å². The Hall–Kier alpha value is -1.90. The number of sulfonamides is 1. The Morgan fingerprint density at radius 2 is 1.75 bits per heavy atom. The predicted molar refractivity (Wildman–Crippen MR) is 130 cm³/mol. The van der Waals surface area contributed by atoms with Crippen molar-refractivity contribution in [2.24, 2.45) is 5.92 Å². The molecule has 0 bridgehead atoms. The van der Waals surface area contributed by atoms with Gasteiger partial charge in [0.15, 0.2) is 0 Å². The molecule has 1 saturated carbocycles. The summed E-state index contributed by atoms with van der Waals surface area (Å²) >= 11 is 3.49. The smallest absolute Gasteiger partial charge is 0.245 e. The minimum atomic E-state index is -3.72. The van der Waals surface area contributed by atoms with E-state index in [1.165, 1.54) is 16.8 Å². The predicted octanol–water partition coefficient (Wildman–Crippen LogP) is 3.88. The molecule has 2 fully saturated rings. The van der Waals surface area contributed by atoms with Gasteiger partial charge in [-0.1, -0.05) is 28.1 Å². The normalized spacial score (nSPS) is 19.3. The topological polar surface area (TPSA) is 60.9 Å². The number of anilines is 2. The first kappa shape index (κ1) is 21.9. The second kappa shape index (κ2) is 8.15. The van der Waals surface area contributed by atoms with Crippen LogP contribution in [-0.4, -0.2) is 51.4 Å². The van der Waals surface area contributed by atoms with Crippen molar-refractivity contribution in [2.45, 2.75) is 38.0 Å². The van der Waals surface area contributed by atoms with E-state index in [1.54, 1.807) is 15.3 Å². The van der Waals surface area contributed by atoms with E-state index in [4.69, 9.17) is 0 Å². The van der Waals surface area contributed by atoms with E-state index < -0.39 is 10.0 Å². The van der Waals surface area contributed by atoms with Crippen molar-refractivity contribution >= 4 is 43.2 Å². The Kier molecular flexibility index (Phi) is 5.58. The fourth-order valence-corrected chi connectivity index (χ4v) is 7.16. The molecule has 5 rings (SSSR count). The average molecular weight is 518 g/mol. The zero-order valence-electron chi connectivity index (χ0n) is 18.5. The van der Waals surface area contributed by atoms with Crippen LogP contribution in [0.3, 0.4) is 0 Å². The first-order valence-corrected chi connectivity index (χ1v) is 13.5. The SMILES string of the molecule is Cc1cccc(N2CCN(S(=O)(=O)c3cc(Br)cc4c3N(C(=O)C3CC3)CC4)CC2)c1C. The third-order valence-corrected chi connectivity index (χ3v) is 9.33. The average Bonchev–Trinajstić information content (AvgIpc) is 3.54. The molecule has 32 heavy (non-hydrogen) atoms. The summed E-state index contributed by atoms with van der Waals surface area (Å²) in [6.07, 6.45) is 2.50. The quantitative estimate of drug-likeness (QED) is 0.617. The number of carbonyl (C=O) groups excluding carboxylic acids is 1. The summed E-state index contributed by atoms with van der Waals surface area (Å²) in [6, 6.07) is 9.88. The van der Waals surface area contributed by atoms with Crippen molar-refractivity contribution in [1.82, 2.24) is 4.31 Å². The summed E-state index contributed by atoms with van der Waals surface area (Å²) in [4.78, 5) is 17.1. The summed E-state index contributed by atoms with van der Waals surface area (Å²) in [5, 5.41) is 0. The lowest BCUT2D eigenvalue weighted by Gasteiger charge is -2.36. The van der Waals surface area contributed by atoms with Crippen molar-refractivity contribution in [2.75, 3.05) is 42.5 Å². The molecule has 1 amide bonds. The standard InChI is InChI=1S/C24H28BrN3O3S/c1-16-4-3-5-21(17(16)2)26-10-12-27(13-11-26)32(30,31)22-15-20(25)14-19-8-9-28(23(19)22)24(29)18-6-7-18/h3-5,14-15,18H,6-13H2,1-2H3. The first-order chi connectivity index (χ1) is 15.3. The zero-order valence-corrected chi connectivity index (χ0v) is 20.9. The molecule has 1 aliphatic carbocycles. The molecule has 0 N–H and O–H groups in total. The van der Waals surface area contributed by atoms with Gasteiger partial charge in [-0.05, 0) is 68.0 Å². The molecule has 0 atom stereocenters. The van der Waals surface area contributed by atoms with Crippen LogP contribution in [0.1, 0.15) is 29.5 Å². The van der Waals surface area contributed by atoms with Crippen LogP contribution in [0.5, 0.6) is 0 Å². The Morgan fingerprint density at radius 1 is 1.03 bits per heavy atom. The van der Waals surface area contributed by atoms with Crippen molar-refractivity contribution in [3.63, 3.8) is 0 Å². The van der Waals surface area contributed by atoms with Crippen LogP contribution in [0.4, 0.5) is 11.4 Å². The van der Waals surface area contributed by atoms with Gasteiger partial charge < -0.3 is 9.80 Å². The molecule has 2 aromatic rings. The van der Waals surface area contributed by atoms with Crippen LogP contribution in [0.15, 0.2) is 39.7 Å². The summed E-state index contributed by atoms with van der Waals surface area (Å²) in [6.45, 7) is 6.91. The van der Waals surface area contributed by atoms with E-state index in [9.17, 15) is 13.2 Å². The van der Waals surface area contributed by atoms with E-state index in [0.29, 0.717) is 44.8 Å². The van der Waals surface area contributed by atoms with Gasteiger partial charge in [0.2, 0.25) is 15.9 Å². The summed E-state index contributed by atoms with van der Waals surface area (Å²) in [5.74, 6) is 0.128. The van der Waals surface area contributed by atoms with Crippen LogP contribution in [0.2, 0.25) is 0 Å². The maximum Gasteiger partial charge on any atom is 0.245 e. The van der Waals surface area contributed by atoms with Crippen LogP contribution in [-0.2, 0) is 21.2 Å². The Bertz CT molecular complexity index is 1190. The maximum atomic E-state index is 13.8. The highest BCUT2D eigenvalue weighted by atomic mass is 79.9. The maximum absolute atomic E-state index is 13.8. The molecule has 0 unspecified atom stereocenters. The summed E-state index contributed by atoms with van der Waals surface area (Å²) in [5.41, 5.74) is 5.18. The fourth-order valence-electron chi connectivity index (χ4n) is 4.82. The molecule has 6 nitrogen and oxygen atoms in total. The second-order valence-electron chi connectivity index (χ2n) is 9.04. The first-order valence-electron chi connectivity index (χ1n) is 11.2. The highest BCUT2D eigenvalue weighted by molar-refractivity contribution is 9.10. The van der Waals surface area contributed by atoms with Crippen LogP contribution in [0.25, 0.3) is 0 Å². The monoisotopic (exact) mass is 517 g/mol. The number of carbonyl (C=O) groups is 1. The van der Waals surface area contributed by atoms with Gasteiger partial charge in [0.25, 0.3) is 0 Å². The number of amides is 1. The van der Waals surface area contributed by atoms with Gasteiger partial charge in [-0.25, -0.2) is 8.42 Å². The van der Waals surface area contributed by atoms with Crippen molar-refractivity contribution in [1.29, 1.82) is 0 Å². The highest BCUT2D eigenvalue weighted by Crippen LogP contribution is 2.42. The van der Waals surface area contributed by atoms with Crippen molar-refractivity contribution in [3.05, 3.63) is 51.5 Å². The Morgan fingerprint density at radius 3 is 2.44 bits per heavy atom. The van der Waals surface area contributed by atoms with Gasteiger partial charge in [0, 0.05) is 48.8 Å². The lowest BCUT2D eigenvalue weighted by atomic mass is 10.1. The molecule has 0 aromatic heterocycles. The van der Waals surface area contributed by atoms with Gasteiger partial charge in [0.05, 0.1) is 5.69 Å². The number of benzene rings is 2. The molecule has 1 saturated heterocycles. The Labute approximate surface area is 198 Å². The molecule has 3 aliphatic rings. The van der Waals surface area contributed by atoms with E-state index in [1.807, 2.05) is 6.07 Å². The number of rotatable bonds is 4. The number of aryl methyl sites for hydroxylation is 1. The number of hydrogen-bond acceptors (Lipinski definition) is 4. The Balaban J connectivity index is 1.42. The van der Waals surface area contributed by atoms with Gasteiger partial charge in [-0.15, -0.1) is 0 Å². The van der Waals surface area contributed by atoms with Gasteiger partial charge >= 0.3 is 0 Å². The van der Waals surface area contributed by atoms with E-state index in [-0.39, 0.29) is 16.7 Å². The molecular weight excluding hydrogens is 490 g/mol. The largest absolute Gasteiger partial charge is 0.369 e. The molecule has 0 radical (unpaired) electrons. The summed E-state index contributed by atoms with van der Waals surface area (Å²) in [7, 11) is -3.72. The number of piperazine rings is 1. The molecular formula is C24H28BrN3O3S. The zero-order chi connectivity index (χ0) is 22.6. The lowest BCUT2D eigenvalue weighted by Crippen LogP contribution is -2.49. The second-order valence-corrected chi connectivity index (χ2v) is 11.9.